The highest BCUT2D eigenvalue weighted by atomic mass is 127. The second-order valence-electron chi connectivity index (χ2n) is 6.95. The molecule has 1 aliphatic rings. The third-order valence-electron chi connectivity index (χ3n) is 4.51. The summed E-state index contributed by atoms with van der Waals surface area (Å²) in [5.74, 6) is 1.73. The molecule has 2 aromatic rings. The maximum absolute atomic E-state index is 6.18. The fourth-order valence-corrected chi connectivity index (χ4v) is 3.05. The fraction of sp³-hybridized carbons (Fsp3) is 0.476. The van der Waals surface area contributed by atoms with Crippen LogP contribution in [-0.2, 0) is 24.9 Å². The zero-order chi connectivity index (χ0) is 19.1. The topological polar surface area (TPSA) is 59.8 Å². The highest BCUT2D eigenvalue weighted by Gasteiger charge is 2.18. The molecule has 0 amide bonds. The van der Waals surface area contributed by atoms with E-state index in [9.17, 15) is 0 Å². The van der Waals surface area contributed by atoms with Crippen LogP contribution in [0.25, 0.3) is 0 Å². The van der Waals surface area contributed by atoms with E-state index in [0.717, 1.165) is 36.8 Å². The average molecular weight is 498 g/mol. The summed E-state index contributed by atoms with van der Waals surface area (Å²) in [5.41, 5.74) is 3.51. The molecule has 2 heterocycles. The van der Waals surface area contributed by atoms with Crippen molar-refractivity contribution in [2.75, 3.05) is 19.8 Å². The number of ether oxygens (including phenoxy) is 2. The van der Waals surface area contributed by atoms with Crippen molar-refractivity contribution in [1.29, 1.82) is 0 Å². The lowest BCUT2D eigenvalue weighted by Crippen LogP contribution is -2.37. The predicted octanol–water partition coefficient (Wildman–Crippen LogP) is 3.37. The van der Waals surface area contributed by atoms with Gasteiger partial charge in [0.05, 0.1) is 19.8 Å². The van der Waals surface area contributed by atoms with Gasteiger partial charge in [-0.2, -0.15) is 0 Å². The van der Waals surface area contributed by atoms with Crippen LogP contribution in [0.5, 0.6) is 5.75 Å². The third-order valence-corrected chi connectivity index (χ3v) is 4.51. The second-order valence-corrected chi connectivity index (χ2v) is 6.95. The van der Waals surface area contributed by atoms with Gasteiger partial charge < -0.3 is 24.7 Å². The van der Waals surface area contributed by atoms with Crippen molar-refractivity contribution in [1.82, 2.24) is 15.2 Å². The smallest absolute Gasteiger partial charge is 0.191 e. The van der Waals surface area contributed by atoms with Crippen LogP contribution in [0, 0.1) is 6.92 Å². The lowest BCUT2D eigenvalue weighted by atomic mass is 10.1. The Morgan fingerprint density at radius 3 is 2.86 bits per heavy atom. The van der Waals surface area contributed by atoms with Gasteiger partial charge in [-0.1, -0.05) is 12.1 Å². The second kappa shape index (κ2) is 11.3. The molecule has 3 rings (SSSR count). The summed E-state index contributed by atoms with van der Waals surface area (Å²) in [6, 6.07) is 8.42. The molecule has 28 heavy (non-hydrogen) atoms. The van der Waals surface area contributed by atoms with Gasteiger partial charge in [-0.3, -0.25) is 0 Å². The Morgan fingerprint density at radius 1 is 1.32 bits per heavy atom. The van der Waals surface area contributed by atoms with Crippen molar-refractivity contribution in [2.24, 2.45) is 12.0 Å². The number of nitrogens with one attached hydrogen (secondary N) is 2. The van der Waals surface area contributed by atoms with E-state index in [-0.39, 0.29) is 30.1 Å². The Bertz CT molecular complexity index is 770. The minimum atomic E-state index is 0. The molecule has 1 aromatic carbocycles. The minimum Gasteiger partial charge on any atom is -0.488 e. The summed E-state index contributed by atoms with van der Waals surface area (Å²) in [4.78, 5) is 4.68. The lowest BCUT2D eigenvalue weighted by Gasteiger charge is -2.18. The van der Waals surface area contributed by atoms with E-state index in [4.69, 9.17) is 9.47 Å². The molecule has 0 radical (unpaired) electrons. The Labute approximate surface area is 184 Å². The van der Waals surface area contributed by atoms with Crippen LogP contribution < -0.4 is 15.4 Å². The van der Waals surface area contributed by atoms with Gasteiger partial charge in [0, 0.05) is 44.5 Å². The number of aryl methyl sites for hydroxylation is 2. The van der Waals surface area contributed by atoms with Crippen LogP contribution in [0.15, 0.2) is 41.7 Å². The maximum atomic E-state index is 6.18. The highest BCUT2D eigenvalue weighted by molar-refractivity contribution is 14.0. The molecular weight excluding hydrogens is 467 g/mol. The molecule has 0 aliphatic carbocycles. The number of rotatable bonds is 7. The molecule has 6 nitrogen and oxygen atoms in total. The molecule has 1 atom stereocenters. The van der Waals surface area contributed by atoms with Gasteiger partial charge in [0.15, 0.2) is 5.96 Å². The first-order valence-corrected chi connectivity index (χ1v) is 9.61. The van der Waals surface area contributed by atoms with E-state index in [1.54, 1.807) is 0 Å². The van der Waals surface area contributed by atoms with Gasteiger partial charge in [-0.05, 0) is 37.1 Å². The van der Waals surface area contributed by atoms with Crippen molar-refractivity contribution in [2.45, 2.75) is 39.5 Å². The fourth-order valence-electron chi connectivity index (χ4n) is 3.05. The monoisotopic (exact) mass is 498 g/mol. The first kappa shape index (κ1) is 22.5. The summed E-state index contributed by atoms with van der Waals surface area (Å²) < 4.78 is 13.7. The van der Waals surface area contributed by atoms with E-state index in [1.807, 2.05) is 17.8 Å². The van der Waals surface area contributed by atoms with Crippen molar-refractivity contribution in [3.8, 4) is 5.75 Å². The summed E-state index contributed by atoms with van der Waals surface area (Å²) >= 11 is 0. The molecular formula is C21H31IN4O2. The van der Waals surface area contributed by atoms with Gasteiger partial charge >= 0.3 is 0 Å². The number of benzene rings is 1. The van der Waals surface area contributed by atoms with Gasteiger partial charge in [0.2, 0.25) is 0 Å². The maximum Gasteiger partial charge on any atom is 0.191 e. The molecule has 2 N–H and O–H groups in total. The number of nitrogens with zero attached hydrogens (tertiary/aromatic N) is 2. The molecule has 0 spiro atoms. The highest BCUT2D eigenvalue weighted by Crippen LogP contribution is 2.23. The molecule has 1 aromatic heterocycles. The van der Waals surface area contributed by atoms with Crippen LogP contribution >= 0.6 is 24.0 Å². The Morgan fingerprint density at radius 2 is 2.18 bits per heavy atom. The summed E-state index contributed by atoms with van der Waals surface area (Å²) in [6.07, 6.45) is 5.21. The van der Waals surface area contributed by atoms with Crippen molar-refractivity contribution >= 4 is 29.9 Å². The number of halogens is 1. The number of hydrogen-bond acceptors (Lipinski definition) is 3. The summed E-state index contributed by atoms with van der Waals surface area (Å²) in [5, 5.41) is 6.72. The zero-order valence-corrected chi connectivity index (χ0v) is 19.2. The standard InChI is InChI=1S/C21H30N4O2.HI/c1-4-22-21(23-12-17-7-9-25(3)14-17)24-13-18-6-5-16(2)11-20(18)27-19-8-10-26-15-19;/h5-7,9,11,14,19H,4,8,10,12-13,15H2,1-3H3,(H2,22,23,24);1H. The number of aromatic nitrogens is 1. The first-order chi connectivity index (χ1) is 13.1. The lowest BCUT2D eigenvalue weighted by molar-refractivity contribution is 0.140. The van der Waals surface area contributed by atoms with E-state index in [2.05, 4.69) is 59.9 Å². The molecule has 0 bridgehead atoms. The Hall–Kier alpha value is -1.74. The van der Waals surface area contributed by atoms with Crippen molar-refractivity contribution < 1.29 is 9.47 Å². The largest absolute Gasteiger partial charge is 0.488 e. The molecule has 1 unspecified atom stereocenters. The number of guanidine groups is 1. The summed E-state index contributed by atoms with van der Waals surface area (Å²) in [7, 11) is 2.02. The van der Waals surface area contributed by atoms with Gasteiger partial charge in [0.25, 0.3) is 0 Å². The van der Waals surface area contributed by atoms with Crippen LogP contribution in [0.1, 0.15) is 30.0 Å². The summed E-state index contributed by atoms with van der Waals surface area (Å²) in [6.45, 7) is 7.72. The predicted molar refractivity (Wildman–Crippen MR) is 124 cm³/mol. The number of hydrogen-bond donors (Lipinski definition) is 2. The molecule has 1 fully saturated rings. The average Bonchev–Trinajstić information content (AvgIpc) is 3.30. The SMILES string of the molecule is CCNC(=NCc1ccn(C)c1)NCc1ccc(C)cc1OC1CCOC1.I. The van der Waals surface area contributed by atoms with Crippen LogP contribution in [0.3, 0.4) is 0 Å². The molecule has 0 saturated carbocycles. The molecule has 7 heteroatoms. The van der Waals surface area contributed by atoms with E-state index in [0.29, 0.717) is 19.7 Å². The minimum absolute atomic E-state index is 0. The zero-order valence-electron chi connectivity index (χ0n) is 16.9. The van der Waals surface area contributed by atoms with E-state index in [1.165, 1.54) is 11.1 Å². The van der Waals surface area contributed by atoms with Gasteiger partial charge in [-0.15, -0.1) is 24.0 Å². The van der Waals surface area contributed by atoms with Gasteiger partial charge in [-0.25, -0.2) is 4.99 Å². The van der Waals surface area contributed by atoms with Crippen LogP contribution in [0.2, 0.25) is 0 Å². The van der Waals surface area contributed by atoms with E-state index < -0.39 is 0 Å². The Balaban J connectivity index is 0.00000280. The third kappa shape index (κ3) is 6.70. The van der Waals surface area contributed by atoms with Crippen LogP contribution in [0.4, 0.5) is 0 Å². The van der Waals surface area contributed by atoms with Crippen molar-refractivity contribution in [3.63, 3.8) is 0 Å². The normalized spacial score (nSPS) is 16.5. The van der Waals surface area contributed by atoms with E-state index >= 15 is 0 Å². The molecule has 1 saturated heterocycles. The molecule has 154 valence electrons. The quantitative estimate of drug-likeness (QED) is 0.349. The van der Waals surface area contributed by atoms with Gasteiger partial charge in [0.1, 0.15) is 11.9 Å². The number of aliphatic imine (C=N–C) groups is 1. The molecule has 1 aliphatic heterocycles. The van der Waals surface area contributed by atoms with Crippen molar-refractivity contribution in [3.05, 3.63) is 53.3 Å². The van der Waals surface area contributed by atoms with Crippen LogP contribution in [-0.4, -0.2) is 36.4 Å². The Kier molecular flexibility index (Phi) is 9.11. The first-order valence-electron chi connectivity index (χ1n) is 9.61.